The predicted octanol–water partition coefficient (Wildman–Crippen LogP) is 5.02. The van der Waals surface area contributed by atoms with Crippen molar-refractivity contribution in [3.63, 3.8) is 0 Å². The summed E-state index contributed by atoms with van der Waals surface area (Å²) in [6, 6.07) is 6.65. The van der Waals surface area contributed by atoms with Crippen LogP contribution in [0.2, 0.25) is 0 Å². The number of aliphatic imine (C=N–C) groups is 1. The van der Waals surface area contributed by atoms with Crippen LogP contribution >= 0.6 is 0 Å². The Morgan fingerprint density at radius 1 is 1.15 bits per heavy atom. The third-order valence-electron chi connectivity index (χ3n) is 10.7. The van der Waals surface area contributed by atoms with Gasteiger partial charge in [0.15, 0.2) is 23.3 Å². The van der Waals surface area contributed by atoms with Gasteiger partial charge in [0.1, 0.15) is 18.2 Å². The lowest BCUT2D eigenvalue weighted by atomic mass is 9.75. The molecule has 48 heavy (non-hydrogen) atoms. The topological polar surface area (TPSA) is 128 Å². The molecule has 9 heteroatoms. The Morgan fingerprint density at radius 3 is 2.75 bits per heavy atom. The van der Waals surface area contributed by atoms with Gasteiger partial charge in [0.05, 0.1) is 18.1 Å². The monoisotopic (exact) mass is 664 g/mol. The van der Waals surface area contributed by atoms with Crippen LogP contribution in [0.5, 0.6) is 11.5 Å². The van der Waals surface area contributed by atoms with Crippen molar-refractivity contribution in [1.82, 2.24) is 16.0 Å². The number of aliphatic hydroxyl groups excluding tert-OH is 2. The molecule has 1 aromatic carbocycles. The number of ether oxygens (including phenoxy) is 2. The second kappa shape index (κ2) is 17.8. The summed E-state index contributed by atoms with van der Waals surface area (Å²) in [5.41, 5.74) is 3.62. The molecule has 0 spiro atoms. The average Bonchev–Trinajstić information content (AvgIpc) is 3.81. The van der Waals surface area contributed by atoms with Crippen LogP contribution < -0.4 is 20.7 Å². The molecule has 2 fully saturated rings. The molecule has 266 valence electrons. The van der Waals surface area contributed by atoms with Crippen LogP contribution in [-0.2, 0) is 11.2 Å². The zero-order valence-electron chi connectivity index (χ0n) is 29.6. The number of hydrogen-bond acceptors (Lipinski definition) is 9. The molecule has 6 N–H and O–H groups in total. The molecular weight excluding hydrogens is 604 g/mol. The maximum atomic E-state index is 10.7. The number of aliphatic hydroxyl groups is 2. The molecule has 0 bridgehead atoms. The molecule has 4 aliphatic rings. The minimum absolute atomic E-state index is 0.0175. The first-order valence-electron chi connectivity index (χ1n) is 18.6. The standard InChI is InChI=1S/C39H60N4O5/c1-5-7-11-37-28(23-44)19-29(48-37)15-12-26-13-17-36(46)38(18-26)47-24-35(41-6-2)33-20-31-32(43-33)16-14-27-9-8-10-30(27)39(31)34(22-40-4)42-21-25(3)45/h13,17-20,25,27,30,34-35,37,39-42,44-46H,5-12,14-16,21-24H2,1-4H3. The molecule has 7 unspecified atom stereocenters. The summed E-state index contributed by atoms with van der Waals surface area (Å²) >= 11 is 0. The summed E-state index contributed by atoms with van der Waals surface area (Å²) in [4.78, 5) is 5.27. The highest BCUT2D eigenvalue weighted by Gasteiger charge is 2.50. The van der Waals surface area contributed by atoms with E-state index in [4.69, 9.17) is 14.5 Å². The van der Waals surface area contributed by atoms with E-state index in [1.165, 1.54) is 37.0 Å². The number of rotatable bonds is 19. The number of aromatic hydroxyl groups is 1. The first kappa shape index (κ1) is 36.6. The molecule has 7 atom stereocenters. The first-order chi connectivity index (χ1) is 23.3. The first-order valence-corrected chi connectivity index (χ1v) is 18.6. The molecule has 0 aromatic heterocycles. The highest BCUT2D eigenvalue weighted by atomic mass is 16.5. The zero-order chi connectivity index (χ0) is 34.0. The molecule has 2 heterocycles. The maximum Gasteiger partial charge on any atom is 0.189 e. The van der Waals surface area contributed by atoms with Gasteiger partial charge in [0, 0.05) is 38.3 Å². The predicted molar refractivity (Wildman–Crippen MR) is 192 cm³/mol. The Balaban J connectivity index is 1.27. The Morgan fingerprint density at radius 2 is 2.00 bits per heavy atom. The molecule has 2 saturated carbocycles. The van der Waals surface area contributed by atoms with Gasteiger partial charge in [-0.05, 0) is 75.7 Å². The fraction of sp³-hybridized carbons (Fsp3) is 0.667. The van der Waals surface area contributed by atoms with Crippen molar-refractivity contribution in [2.45, 2.75) is 109 Å². The molecule has 0 saturated heterocycles. The number of nitrogens with one attached hydrogen (secondary N) is 3. The molecule has 2 aliphatic heterocycles. The Kier molecular flexibility index (Phi) is 13.6. The van der Waals surface area contributed by atoms with E-state index in [0.717, 1.165) is 80.8 Å². The summed E-state index contributed by atoms with van der Waals surface area (Å²) in [7, 11) is 2.01. The number of benzene rings is 1. The number of unbranched alkanes of at least 4 members (excludes halogenated alkanes) is 1. The molecular formula is C39H60N4O5. The number of hydrogen-bond donors (Lipinski definition) is 6. The van der Waals surface area contributed by atoms with E-state index in [1.54, 1.807) is 6.07 Å². The van der Waals surface area contributed by atoms with Crippen LogP contribution in [0.15, 0.2) is 46.7 Å². The number of aryl methyl sites for hydroxylation is 1. The minimum atomic E-state index is -0.402. The summed E-state index contributed by atoms with van der Waals surface area (Å²) in [5, 5.41) is 41.4. The van der Waals surface area contributed by atoms with E-state index in [0.29, 0.717) is 30.7 Å². The third kappa shape index (κ3) is 9.10. The van der Waals surface area contributed by atoms with Crippen molar-refractivity contribution < 1.29 is 24.8 Å². The fourth-order valence-corrected chi connectivity index (χ4v) is 8.27. The maximum absolute atomic E-state index is 10.7. The molecule has 2 aliphatic carbocycles. The van der Waals surface area contributed by atoms with Crippen LogP contribution in [0, 0.1) is 29.7 Å². The average molecular weight is 665 g/mol. The zero-order valence-corrected chi connectivity index (χ0v) is 29.6. The number of fused-ring (bicyclic) bond motifs is 2. The largest absolute Gasteiger partial charge is 0.592 e. The van der Waals surface area contributed by atoms with E-state index >= 15 is 0 Å². The van der Waals surface area contributed by atoms with Crippen molar-refractivity contribution >= 4 is 5.71 Å². The van der Waals surface area contributed by atoms with Crippen molar-refractivity contribution in [1.29, 1.82) is 0 Å². The van der Waals surface area contributed by atoms with Gasteiger partial charge in [-0.25, -0.2) is 0 Å². The highest BCUT2D eigenvalue weighted by Crippen LogP contribution is 2.48. The fourth-order valence-electron chi connectivity index (χ4n) is 8.27. The molecule has 1 aromatic rings. The normalized spacial score (nSPS) is 25.4. The smallest absolute Gasteiger partial charge is 0.189 e. The minimum Gasteiger partial charge on any atom is -0.592 e. The van der Waals surface area contributed by atoms with Gasteiger partial charge in [-0.2, -0.15) is 12.0 Å². The Labute approximate surface area is 288 Å². The van der Waals surface area contributed by atoms with E-state index in [1.807, 2.05) is 32.2 Å². The van der Waals surface area contributed by atoms with Gasteiger partial charge < -0.3 is 35.4 Å². The van der Waals surface area contributed by atoms with Crippen molar-refractivity contribution in [2.75, 3.05) is 39.9 Å². The molecule has 9 nitrogen and oxygen atoms in total. The van der Waals surface area contributed by atoms with Crippen LogP contribution in [0.3, 0.4) is 0 Å². The Hall–Kier alpha value is -2.69. The summed E-state index contributed by atoms with van der Waals surface area (Å²) in [6.45, 7) is 8.65. The number of phenols is 1. The van der Waals surface area contributed by atoms with Crippen LogP contribution in [0.25, 0.3) is 0 Å². The van der Waals surface area contributed by atoms with E-state index < -0.39 is 6.10 Å². The number of nitrogens with zero attached hydrogens (tertiary/aromatic N) is 1. The van der Waals surface area contributed by atoms with Gasteiger partial charge >= 0.3 is 0 Å². The van der Waals surface area contributed by atoms with Gasteiger partial charge in [0.25, 0.3) is 0 Å². The van der Waals surface area contributed by atoms with E-state index in [2.05, 4.69) is 35.9 Å². The van der Waals surface area contributed by atoms with E-state index in [9.17, 15) is 15.3 Å². The lowest BCUT2D eigenvalue weighted by Gasteiger charge is -2.32. The molecule has 0 radical (unpaired) electrons. The van der Waals surface area contributed by atoms with Gasteiger partial charge in [-0.1, -0.05) is 57.8 Å². The highest BCUT2D eigenvalue weighted by molar-refractivity contribution is 6.04. The molecule has 5 rings (SSSR count). The van der Waals surface area contributed by atoms with Crippen LogP contribution in [0.1, 0.15) is 84.1 Å². The number of allylic oxidation sites excluding steroid dienone is 1. The lowest BCUT2D eigenvalue weighted by molar-refractivity contribution is 0.123. The second-order valence-corrected chi connectivity index (χ2v) is 14.2. The van der Waals surface area contributed by atoms with Crippen LogP contribution in [0.4, 0.5) is 0 Å². The summed E-state index contributed by atoms with van der Waals surface area (Å²) < 4.78 is 12.5. The molecule has 0 amide bonds. The van der Waals surface area contributed by atoms with Gasteiger partial charge in [0.2, 0.25) is 0 Å². The van der Waals surface area contributed by atoms with Crippen molar-refractivity contribution in [3.05, 3.63) is 59.2 Å². The number of likely N-dealkylation sites (N-methyl/N-ethyl adjacent to an activating group) is 2. The summed E-state index contributed by atoms with van der Waals surface area (Å²) in [5.74, 6) is 4.12. The Bertz CT molecular complexity index is 1260. The second-order valence-electron chi connectivity index (χ2n) is 14.2. The van der Waals surface area contributed by atoms with Crippen molar-refractivity contribution in [3.8, 4) is 11.5 Å². The SMILES string of the molecule is CCCCC1OC(CCc2ccc(O)c(OCC(NCC)[C+]3C=C4C(=N3)CCC3CCCC3C4C(CNC)NCC(C)O)c2)=C[C-]1CO. The van der Waals surface area contributed by atoms with Crippen molar-refractivity contribution in [2.24, 2.45) is 22.7 Å². The number of phenolic OH excluding ortho intramolecular Hbond substituents is 1. The van der Waals surface area contributed by atoms with E-state index in [-0.39, 0.29) is 30.5 Å². The third-order valence-corrected chi connectivity index (χ3v) is 10.7. The lowest BCUT2D eigenvalue weighted by Crippen LogP contribution is -2.49. The quantitative estimate of drug-likeness (QED) is 0.114. The van der Waals surface area contributed by atoms with Gasteiger partial charge in [-0.15, -0.1) is 4.99 Å². The summed E-state index contributed by atoms with van der Waals surface area (Å²) in [6.07, 6.45) is 14.5. The van der Waals surface area contributed by atoms with Gasteiger partial charge in [-0.3, -0.25) is 5.32 Å². The van der Waals surface area contributed by atoms with Crippen LogP contribution in [-0.4, -0.2) is 85.2 Å².